The van der Waals surface area contributed by atoms with E-state index in [0.717, 1.165) is 57.8 Å². The molecule has 0 fully saturated rings. The van der Waals surface area contributed by atoms with Gasteiger partial charge in [0, 0.05) is 12.8 Å². The van der Waals surface area contributed by atoms with Crippen molar-refractivity contribution in [1.82, 2.24) is 5.32 Å². The van der Waals surface area contributed by atoms with Crippen molar-refractivity contribution in [3.8, 4) is 0 Å². The predicted octanol–water partition coefficient (Wildman–Crippen LogP) is 26.4. The number of carbonyl (C=O) groups excluding carboxylic acids is 2. The Kier molecular flexibility index (Phi) is 75.4. The number of hydrogen-bond donors (Lipinski definition) is 3. The molecule has 518 valence electrons. The number of hydrogen-bond acceptors (Lipinski definition) is 5. The van der Waals surface area contributed by atoms with Crippen molar-refractivity contribution in [2.24, 2.45) is 0 Å². The van der Waals surface area contributed by atoms with Crippen molar-refractivity contribution in [3.63, 3.8) is 0 Å². The Bertz CT molecular complexity index is 1470. The molecule has 1 amide bonds. The zero-order chi connectivity index (χ0) is 63.5. The average Bonchev–Trinajstić information content (AvgIpc) is 3.58. The topological polar surface area (TPSA) is 95.9 Å². The molecule has 6 heteroatoms. The third kappa shape index (κ3) is 72.9. The molecule has 88 heavy (non-hydrogen) atoms. The molecular weight excluding hydrogens is 1080 g/mol. The summed E-state index contributed by atoms with van der Waals surface area (Å²) in [6.07, 6.45) is 102. The highest BCUT2D eigenvalue weighted by atomic mass is 16.5. The molecule has 0 radical (unpaired) electrons. The van der Waals surface area contributed by atoms with Gasteiger partial charge in [0.05, 0.1) is 25.4 Å². The van der Waals surface area contributed by atoms with Gasteiger partial charge >= 0.3 is 5.97 Å². The van der Waals surface area contributed by atoms with Crippen molar-refractivity contribution < 1.29 is 24.5 Å². The van der Waals surface area contributed by atoms with E-state index in [4.69, 9.17) is 4.74 Å². The fourth-order valence-corrected chi connectivity index (χ4v) is 12.5. The van der Waals surface area contributed by atoms with Crippen LogP contribution in [0.1, 0.15) is 438 Å². The zero-order valence-corrected chi connectivity index (χ0v) is 59.5. The van der Waals surface area contributed by atoms with Gasteiger partial charge in [0.2, 0.25) is 5.91 Å². The number of carbonyl (C=O) groups is 2. The largest absolute Gasteiger partial charge is 0.466 e. The summed E-state index contributed by atoms with van der Waals surface area (Å²) in [6, 6.07) is -0.542. The first-order chi connectivity index (χ1) is 43.5. The minimum absolute atomic E-state index is 0.0000606. The van der Waals surface area contributed by atoms with E-state index in [1.54, 1.807) is 0 Å². The molecule has 0 aliphatic rings. The second-order valence-electron chi connectivity index (χ2n) is 27.4. The van der Waals surface area contributed by atoms with Gasteiger partial charge in [0.25, 0.3) is 0 Å². The summed E-state index contributed by atoms with van der Waals surface area (Å²) < 4.78 is 5.48. The Hall–Kier alpha value is -2.18. The molecule has 0 aromatic heterocycles. The van der Waals surface area contributed by atoms with Gasteiger partial charge in [0.1, 0.15) is 0 Å². The maximum Gasteiger partial charge on any atom is 0.305 e. The van der Waals surface area contributed by atoms with E-state index in [-0.39, 0.29) is 18.5 Å². The summed E-state index contributed by atoms with van der Waals surface area (Å²) in [6.45, 7) is 4.95. The average molecular weight is 1240 g/mol. The van der Waals surface area contributed by atoms with Crippen LogP contribution in [0.5, 0.6) is 0 Å². The maximum atomic E-state index is 12.6. The molecule has 2 atom stereocenters. The van der Waals surface area contributed by atoms with Gasteiger partial charge in [-0.2, -0.15) is 0 Å². The van der Waals surface area contributed by atoms with Crippen LogP contribution < -0.4 is 5.32 Å². The molecule has 0 aromatic rings. The third-order valence-corrected chi connectivity index (χ3v) is 18.6. The van der Waals surface area contributed by atoms with E-state index >= 15 is 0 Å². The van der Waals surface area contributed by atoms with E-state index < -0.39 is 12.1 Å². The first-order valence-corrected chi connectivity index (χ1v) is 39.9. The first kappa shape index (κ1) is 85.8. The lowest BCUT2D eigenvalue weighted by Crippen LogP contribution is -2.45. The van der Waals surface area contributed by atoms with Crippen LogP contribution in [0, 0.1) is 0 Å². The summed E-state index contributed by atoms with van der Waals surface area (Å²) in [5.74, 6) is -0.0281. The molecule has 0 aliphatic carbocycles. The van der Waals surface area contributed by atoms with Crippen LogP contribution in [0.2, 0.25) is 0 Å². The number of aliphatic hydroxyl groups is 2. The van der Waals surface area contributed by atoms with E-state index in [1.807, 2.05) is 0 Å². The third-order valence-electron chi connectivity index (χ3n) is 18.6. The molecule has 0 saturated carbocycles. The van der Waals surface area contributed by atoms with E-state index in [2.05, 4.69) is 67.8 Å². The summed E-state index contributed by atoms with van der Waals surface area (Å²) in [5, 5.41) is 23.5. The molecule has 6 nitrogen and oxygen atoms in total. The van der Waals surface area contributed by atoms with Gasteiger partial charge in [-0.3, -0.25) is 9.59 Å². The van der Waals surface area contributed by atoms with Crippen molar-refractivity contribution in [1.29, 1.82) is 0 Å². The summed E-state index contributed by atoms with van der Waals surface area (Å²) in [4.78, 5) is 24.6. The van der Waals surface area contributed by atoms with Crippen LogP contribution in [0.4, 0.5) is 0 Å². The molecule has 0 bridgehead atoms. The van der Waals surface area contributed by atoms with Gasteiger partial charge in [-0.1, -0.05) is 390 Å². The smallest absolute Gasteiger partial charge is 0.305 e. The summed E-state index contributed by atoms with van der Waals surface area (Å²) in [5.41, 5.74) is 0. The van der Waals surface area contributed by atoms with Crippen LogP contribution in [0.15, 0.2) is 48.6 Å². The number of rotatable bonds is 75. The van der Waals surface area contributed by atoms with Gasteiger partial charge in [-0.25, -0.2) is 0 Å². The van der Waals surface area contributed by atoms with Gasteiger partial charge in [-0.15, -0.1) is 0 Å². The minimum Gasteiger partial charge on any atom is -0.466 e. The maximum absolute atomic E-state index is 12.6. The van der Waals surface area contributed by atoms with E-state index in [0.29, 0.717) is 25.9 Å². The summed E-state index contributed by atoms with van der Waals surface area (Å²) in [7, 11) is 0. The lowest BCUT2D eigenvalue weighted by molar-refractivity contribution is -0.143. The van der Waals surface area contributed by atoms with Crippen molar-refractivity contribution in [2.45, 2.75) is 450 Å². The molecule has 2 unspecified atom stereocenters. The van der Waals surface area contributed by atoms with Crippen LogP contribution in [-0.2, 0) is 14.3 Å². The second kappa shape index (κ2) is 77.3. The highest BCUT2D eigenvalue weighted by molar-refractivity contribution is 5.76. The summed E-state index contributed by atoms with van der Waals surface area (Å²) >= 11 is 0. The van der Waals surface area contributed by atoms with E-state index in [1.165, 1.54) is 347 Å². The lowest BCUT2D eigenvalue weighted by atomic mass is 10.0. The minimum atomic E-state index is -0.665. The van der Waals surface area contributed by atoms with Crippen LogP contribution in [0.25, 0.3) is 0 Å². The number of unbranched alkanes of at least 4 members (excludes halogenated alkanes) is 56. The molecule has 3 N–H and O–H groups in total. The Morgan fingerprint density at radius 1 is 0.318 bits per heavy atom. The Labute approximate surface area is 550 Å². The zero-order valence-electron chi connectivity index (χ0n) is 59.5. The Balaban J connectivity index is 3.39. The number of ether oxygens (including phenoxy) is 1. The molecular formula is C82H155NO5. The fraction of sp³-hybridized carbons (Fsp3) is 0.878. The van der Waals surface area contributed by atoms with Crippen LogP contribution in [0.3, 0.4) is 0 Å². The predicted molar refractivity (Wildman–Crippen MR) is 389 cm³/mol. The molecule has 0 saturated heterocycles. The highest BCUT2D eigenvalue weighted by Gasteiger charge is 2.20. The first-order valence-electron chi connectivity index (χ1n) is 39.9. The van der Waals surface area contributed by atoms with Crippen LogP contribution in [-0.4, -0.2) is 47.4 Å². The normalized spacial score (nSPS) is 12.7. The Morgan fingerprint density at radius 2 is 0.580 bits per heavy atom. The number of allylic oxidation sites excluding steroid dienone is 8. The number of amides is 1. The standard InChI is InChI=1S/C82H155NO5/c1-3-5-7-9-11-13-15-17-19-20-21-22-23-35-38-41-44-47-50-54-58-62-66-70-74-80(85)79(78-84)83-81(86)75-71-67-63-59-55-51-48-45-42-39-36-33-31-29-27-25-24-26-28-30-32-34-37-40-43-46-49-53-57-61-65-69-73-77-88-82(87)76-72-68-64-60-56-52-18-16-14-12-10-8-6-4-2/h10,12,16,18,28,30,34,37,79-80,84-85H,3-9,11,13-15,17,19-27,29,31-33,35-36,38-78H2,1-2H3,(H,83,86)/b12-10-,18-16-,30-28-,37-34-. The van der Waals surface area contributed by atoms with Crippen LogP contribution >= 0.6 is 0 Å². The lowest BCUT2D eigenvalue weighted by Gasteiger charge is -2.22. The van der Waals surface area contributed by atoms with Crippen molar-refractivity contribution in [2.75, 3.05) is 13.2 Å². The van der Waals surface area contributed by atoms with Gasteiger partial charge < -0.3 is 20.3 Å². The quantitative estimate of drug-likeness (QED) is 0.0320. The number of nitrogens with one attached hydrogen (secondary N) is 1. The molecule has 0 aromatic carbocycles. The molecule has 0 aliphatic heterocycles. The van der Waals surface area contributed by atoms with Gasteiger partial charge in [-0.05, 0) is 83.5 Å². The monoisotopic (exact) mass is 1230 g/mol. The number of esters is 1. The Morgan fingerprint density at radius 3 is 0.898 bits per heavy atom. The van der Waals surface area contributed by atoms with Gasteiger partial charge in [0.15, 0.2) is 0 Å². The van der Waals surface area contributed by atoms with E-state index in [9.17, 15) is 19.8 Å². The molecule has 0 heterocycles. The highest BCUT2D eigenvalue weighted by Crippen LogP contribution is 2.20. The molecule has 0 rings (SSSR count). The fourth-order valence-electron chi connectivity index (χ4n) is 12.5. The van der Waals surface area contributed by atoms with Crippen molar-refractivity contribution >= 4 is 11.9 Å². The number of aliphatic hydroxyl groups excluding tert-OH is 2. The van der Waals surface area contributed by atoms with Crippen molar-refractivity contribution in [3.05, 3.63) is 48.6 Å². The SMILES string of the molecule is CCCC/C=C\C/C=C\CCCCCCCC(=O)OCCCCCCCCCCC/C=C\C/C=C\CCCCCCCCCCCCCCCCCCCC(=O)NC(CO)C(O)CCCCCCCCCCCCCCCCCCCCCCCCCC. The molecule has 0 spiro atoms. The second-order valence-corrected chi connectivity index (χ2v) is 27.4.